The number of nitrogens with zero attached hydrogens (tertiary/aromatic N) is 1. The lowest BCUT2D eigenvalue weighted by Gasteiger charge is -2.21. The van der Waals surface area contributed by atoms with E-state index in [1.807, 2.05) is 31.2 Å². The van der Waals surface area contributed by atoms with E-state index in [-0.39, 0.29) is 11.9 Å². The van der Waals surface area contributed by atoms with E-state index in [9.17, 15) is 4.79 Å². The molecule has 4 rings (SSSR count). The molecule has 5 heteroatoms. The van der Waals surface area contributed by atoms with Crippen LogP contribution in [0.5, 0.6) is 11.5 Å². The molecule has 2 fully saturated rings. The van der Waals surface area contributed by atoms with Gasteiger partial charge in [0.25, 0.3) is 5.91 Å². The lowest BCUT2D eigenvalue weighted by molar-refractivity contribution is 0.0931. The van der Waals surface area contributed by atoms with Gasteiger partial charge in [0.05, 0.1) is 6.20 Å². The molecule has 1 aromatic heterocycles. The van der Waals surface area contributed by atoms with Crippen molar-refractivity contribution in [3.63, 3.8) is 0 Å². The number of aromatic nitrogens is 1. The molecule has 0 aliphatic carbocycles. The summed E-state index contributed by atoms with van der Waals surface area (Å²) in [6.07, 6.45) is 5.13. The van der Waals surface area contributed by atoms with Gasteiger partial charge in [-0.1, -0.05) is 0 Å². The highest BCUT2D eigenvalue weighted by Gasteiger charge is 2.39. The van der Waals surface area contributed by atoms with Crippen LogP contribution in [0.3, 0.4) is 0 Å². The monoisotopic (exact) mass is 323 g/mol. The summed E-state index contributed by atoms with van der Waals surface area (Å²) in [5.74, 6) is 1.36. The van der Waals surface area contributed by atoms with Crippen molar-refractivity contribution in [2.45, 2.75) is 44.3 Å². The van der Waals surface area contributed by atoms with Crippen molar-refractivity contribution in [3.8, 4) is 11.5 Å². The Hall–Kier alpha value is -2.40. The number of aryl methyl sites for hydroxylation is 1. The number of ether oxygens (including phenoxy) is 1. The summed E-state index contributed by atoms with van der Waals surface area (Å²) in [5, 5.41) is 6.68. The highest BCUT2D eigenvalue weighted by Crippen LogP contribution is 2.28. The molecule has 0 radical (unpaired) electrons. The Morgan fingerprint density at radius 3 is 2.58 bits per heavy atom. The van der Waals surface area contributed by atoms with Gasteiger partial charge in [-0.2, -0.15) is 0 Å². The fourth-order valence-corrected chi connectivity index (χ4v) is 3.56. The van der Waals surface area contributed by atoms with E-state index in [0.717, 1.165) is 18.5 Å². The molecule has 0 saturated carbocycles. The standard InChI is InChI=1S/C19H21N3O2/c1-12-2-6-16(11-20-12)24-15-7-3-13(4-8-15)19(23)22-18-10-14-5-9-17(18)21-14/h2-4,6-8,11,14,17-18,21H,5,9-10H2,1H3,(H,22,23). The topological polar surface area (TPSA) is 63.2 Å². The summed E-state index contributed by atoms with van der Waals surface area (Å²) in [4.78, 5) is 16.6. The van der Waals surface area contributed by atoms with E-state index in [2.05, 4.69) is 15.6 Å². The van der Waals surface area contributed by atoms with Crippen LogP contribution in [0.25, 0.3) is 0 Å². The average Bonchev–Trinajstić information content (AvgIpc) is 3.20. The van der Waals surface area contributed by atoms with Crippen LogP contribution in [0.4, 0.5) is 0 Å². The number of fused-ring (bicyclic) bond motifs is 2. The highest BCUT2D eigenvalue weighted by molar-refractivity contribution is 5.94. The van der Waals surface area contributed by atoms with E-state index in [1.54, 1.807) is 18.3 Å². The van der Waals surface area contributed by atoms with Crippen molar-refractivity contribution in [1.29, 1.82) is 0 Å². The minimum Gasteiger partial charge on any atom is -0.456 e. The summed E-state index contributed by atoms with van der Waals surface area (Å²) >= 11 is 0. The fraction of sp³-hybridized carbons (Fsp3) is 0.368. The van der Waals surface area contributed by atoms with Gasteiger partial charge in [-0.25, -0.2) is 0 Å². The normalized spacial score (nSPS) is 24.8. The molecule has 2 bridgehead atoms. The van der Waals surface area contributed by atoms with Crippen LogP contribution in [-0.4, -0.2) is 29.0 Å². The first-order valence-corrected chi connectivity index (χ1v) is 8.45. The first-order valence-electron chi connectivity index (χ1n) is 8.45. The minimum absolute atomic E-state index is 0.0158. The lowest BCUT2D eigenvalue weighted by Crippen LogP contribution is -2.42. The van der Waals surface area contributed by atoms with Crippen molar-refractivity contribution >= 4 is 5.91 Å². The molecular formula is C19H21N3O2. The number of nitrogens with one attached hydrogen (secondary N) is 2. The molecule has 3 unspecified atom stereocenters. The number of benzene rings is 1. The molecule has 2 N–H and O–H groups in total. The van der Waals surface area contributed by atoms with Crippen LogP contribution in [0.15, 0.2) is 42.6 Å². The zero-order chi connectivity index (χ0) is 16.5. The Kier molecular flexibility index (Phi) is 3.94. The van der Waals surface area contributed by atoms with Crippen molar-refractivity contribution in [3.05, 3.63) is 53.9 Å². The second-order valence-electron chi connectivity index (χ2n) is 6.62. The molecule has 1 aromatic carbocycles. The lowest BCUT2D eigenvalue weighted by atomic mass is 9.95. The predicted molar refractivity (Wildman–Crippen MR) is 91.3 cm³/mol. The zero-order valence-electron chi connectivity index (χ0n) is 13.7. The van der Waals surface area contributed by atoms with Gasteiger partial charge in [-0.3, -0.25) is 9.78 Å². The smallest absolute Gasteiger partial charge is 0.251 e. The summed E-state index contributed by atoms with van der Waals surface area (Å²) in [6, 6.07) is 12.3. The first-order chi connectivity index (χ1) is 11.7. The molecule has 1 amide bonds. The van der Waals surface area contributed by atoms with Crippen LogP contribution < -0.4 is 15.4 Å². The number of carbonyl (C=O) groups is 1. The number of amides is 1. The summed E-state index contributed by atoms with van der Waals surface area (Å²) < 4.78 is 5.74. The predicted octanol–water partition coefficient (Wildman–Crippen LogP) is 2.81. The van der Waals surface area contributed by atoms with Gasteiger partial charge in [0.1, 0.15) is 11.5 Å². The third kappa shape index (κ3) is 3.12. The molecule has 2 aliphatic rings. The number of rotatable bonds is 4. The summed E-state index contributed by atoms with van der Waals surface area (Å²) in [5.41, 5.74) is 1.61. The van der Waals surface area contributed by atoms with Gasteiger partial charge in [-0.05, 0) is 62.6 Å². The number of carbonyl (C=O) groups excluding carboxylic acids is 1. The first kappa shape index (κ1) is 15.1. The maximum absolute atomic E-state index is 12.4. The van der Waals surface area contributed by atoms with Crippen molar-refractivity contribution in [2.24, 2.45) is 0 Å². The van der Waals surface area contributed by atoms with Gasteiger partial charge >= 0.3 is 0 Å². The largest absolute Gasteiger partial charge is 0.456 e. The van der Waals surface area contributed by atoms with Gasteiger partial charge < -0.3 is 15.4 Å². The van der Waals surface area contributed by atoms with E-state index >= 15 is 0 Å². The second-order valence-corrected chi connectivity index (χ2v) is 6.62. The third-order valence-electron chi connectivity index (χ3n) is 4.85. The molecule has 2 aromatic rings. The molecule has 3 atom stereocenters. The van der Waals surface area contributed by atoms with Gasteiger partial charge in [0.15, 0.2) is 0 Å². The van der Waals surface area contributed by atoms with E-state index in [1.165, 1.54) is 6.42 Å². The number of hydrogen-bond acceptors (Lipinski definition) is 4. The highest BCUT2D eigenvalue weighted by atomic mass is 16.5. The Bertz CT molecular complexity index is 727. The SMILES string of the molecule is Cc1ccc(Oc2ccc(C(=O)NC3CC4CCC3N4)cc2)cn1. The van der Waals surface area contributed by atoms with Gasteiger partial charge in [0, 0.05) is 29.4 Å². The third-order valence-corrected chi connectivity index (χ3v) is 4.85. The maximum Gasteiger partial charge on any atom is 0.251 e. The second kappa shape index (κ2) is 6.24. The van der Waals surface area contributed by atoms with Gasteiger partial charge in [0.2, 0.25) is 0 Å². The Labute approximate surface area is 141 Å². The molecule has 5 nitrogen and oxygen atoms in total. The van der Waals surface area contributed by atoms with Crippen LogP contribution in [0.1, 0.15) is 35.3 Å². The van der Waals surface area contributed by atoms with E-state index in [0.29, 0.717) is 29.1 Å². The molecule has 124 valence electrons. The Morgan fingerprint density at radius 2 is 1.96 bits per heavy atom. The minimum atomic E-state index is -0.0158. The van der Waals surface area contributed by atoms with Crippen molar-refractivity contribution in [2.75, 3.05) is 0 Å². The van der Waals surface area contributed by atoms with Crippen molar-refractivity contribution in [1.82, 2.24) is 15.6 Å². The van der Waals surface area contributed by atoms with Crippen LogP contribution >= 0.6 is 0 Å². The van der Waals surface area contributed by atoms with Crippen LogP contribution in [0.2, 0.25) is 0 Å². The van der Waals surface area contributed by atoms with Crippen LogP contribution in [0, 0.1) is 6.92 Å². The zero-order valence-corrected chi connectivity index (χ0v) is 13.7. The molecule has 0 spiro atoms. The van der Waals surface area contributed by atoms with Gasteiger partial charge in [-0.15, -0.1) is 0 Å². The molecule has 2 saturated heterocycles. The van der Waals surface area contributed by atoms with Crippen molar-refractivity contribution < 1.29 is 9.53 Å². The number of hydrogen-bond donors (Lipinski definition) is 2. The molecule has 3 heterocycles. The summed E-state index contributed by atoms with van der Waals surface area (Å²) in [7, 11) is 0. The molecule has 24 heavy (non-hydrogen) atoms. The van der Waals surface area contributed by atoms with E-state index in [4.69, 9.17) is 4.74 Å². The Morgan fingerprint density at radius 1 is 1.17 bits per heavy atom. The average molecular weight is 323 g/mol. The number of pyridine rings is 1. The maximum atomic E-state index is 12.4. The summed E-state index contributed by atoms with van der Waals surface area (Å²) in [6.45, 7) is 1.93. The Balaban J connectivity index is 1.38. The molecular weight excluding hydrogens is 302 g/mol. The van der Waals surface area contributed by atoms with Crippen LogP contribution in [-0.2, 0) is 0 Å². The van der Waals surface area contributed by atoms with E-state index < -0.39 is 0 Å². The fourth-order valence-electron chi connectivity index (χ4n) is 3.56. The molecule has 2 aliphatic heterocycles. The quantitative estimate of drug-likeness (QED) is 0.908.